The summed E-state index contributed by atoms with van der Waals surface area (Å²) in [6.45, 7) is 3.54. The predicted molar refractivity (Wildman–Crippen MR) is 48.7 cm³/mol. The number of ether oxygens (including phenoxy) is 4. The Morgan fingerprint density at radius 1 is 1.00 bits per heavy atom. The van der Waals surface area contributed by atoms with Gasteiger partial charge >= 0.3 is 12.3 Å². The quantitative estimate of drug-likeness (QED) is 0.350. The van der Waals surface area contributed by atoms with Gasteiger partial charge in [0.2, 0.25) is 0 Å². The molecule has 2 saturated heterocycles. The first-order chi connectivity index (χ1) is 7.43. The lowest BCUT2D eigenvalue weighted by Gasteiger charge is -2.28. The van der Waals surface area contributed by atoms with Crippen molar-refractivity contribution in [3.8, 4) is 0 Å². The van der Waals surface area contributed by atoms with Crippen molar-refractivity contribution in [2.75, 3.05) is 0 Å². The monoisotopic (exact) mass is 226 g/mol. The minimum Gasteiger partial charge on any atom is -0.423 e. The molecule has 6 nitrogen and oxygen atoms in total. The Hall–Kier alpha value is -1.56. The van der Waals surface area contributed by atoms with Gasteiger partial charge in [0.05, 0.1) is 0 Å². The van der Waals surface area contributed by atoms with Gasteiger partial charge in [-0.25, -0.2) is 9.59 Å². The molecule has 0 N–H and O–H groups in total. The van der Waals surface area contributed by atoms with Gasteiger partial charge in [-0.15, -0.1) is 0 Å². The lowest BCUT2D eigenvalue weighted by molar-refractivity contribution is -0.0608. The van der Waals surface area contributed by atoms with E-state index in [1.54, 1.807) is 26.0 Å². The lowest BCUT2D eigenvalue weighted by Crippen LogP contribution is -2.47. The Kier molecular flexibility index (Phi) is 1.55. The number of carbonyl (C=O) groups excluding carboxylic acids is 2. The standard InChI is InChI=1S/C10H10O6/c1-9-3-4-10(2,16-9)6-5(9)13-7(11)15-8(12)14-6/h3-6H,1-2H3. The third-order valence-corrected chi connectivity index (χ3v) is 3.20. The summed E-state index contributed by atoms with van der Waals surface area (Å²) in [5.74, 6) is 0. The van der Waals surface area contributed by atoms with Crippen molar-refractivity contribution in [3.05, 3.63) is 12.2 Å². The summed E-state index contributed by atoms with van der Waals surface area (Å²) < 4.78 is 20.0. The highest BCUT2D eigenvalue weighted by molar-refractivity contribution is 5.78. The molecule has 2 bridgehead atoms. The third-order valence-electron chi connectivity index (χ3n) is 3.20. The summed E-state index contributed by atoms with van der Waals surface area (Å²) >= 11 is 0. The molecular formula is C10H10O6. The average Bonchev–Trinajstić information content (AvgIpc) is 2.49. The van der Waals surface area contributed by atoms with Gasteiger partial charge in [-0.1, -0.05) is 12.2 Å². The minimum atomic E-state index is -1.05. The molecule has 4 atom stereocenters. The first-order valence-corrected chi connectivity index (χ1v) is 4.93. The Morgan fingerprint density at radius 2 is 1.44 bits per heavy atom. The zero-order chi connectivity index (χ0) is 11.6. The Bertz CT molecular complexity index is 380. The largest absolute Gasteiger partial charge is 0.519 e. The van der Waals surface area contributed by atoms with E-state index >= 15 is 0 Å². The number of hydrogen-bond donors (Lipinski definition) is 0. The fourth-order valence-corrected chi connectivity index (χ4v) is 2.46. The maximum absolute atomic E-state index is 11.1. The van der Waals surface area contributed by atoms with Crippen LogP contribution in [-0.2, 0) is 18.9 Å². The number of carbonyl (C=O) groups is 2. The molecule has 0 spiro atoms. The van der Waals surface area contributed by atoms with E-state index in [2.05, 4.69) is 4.74 Å². The summed E-state index contributed by atoms with van der Waals surface area (Å²) in [7, 11) is 0. The maximum Gasteiger partial charge on any atom is 0.519 e. The molecule has 0 radical (unpaired) electrons. The third kappa shape index (κ3) is 1.05. The molecule has 0 aromatic heterocycles. The minimum absolute atomic E-state index is 0.665. The van der Waals surface area contributed by atoms with Gasteiger partial charge in [0, 0.05) is 0 Å². The molecule has 3 aliphatic heterocycles. The highest BCUT2D eigenvalue weighted by Gasteiger charge is 2.65. The lowest BCUT2D eigenvalue weighted by atomic mass is 9.85. The molecule has 0 amide bonds. The van der Waals surface area contributed by atoms with Crippen molar-refractivity contribution in [1.82, 2.24) is 0 Å². The van der Waals surface area contributed by atoms with Gasteiger partial charge in [-0.2, -0.15) is 0 Å². The smallest absolute Gasteiger partial charge is 0.423 e. The summed E-state index contributed by atoms with van der Waals surface area (Å²) in [6.07, 6.45) is 0.183. The van der Waals surface area contributed by atoms with Crippen molar-refractivity contribution >= 4 is 12.3 Å². The van der Waals surface area contributed by atoms with Gasteiger partial charge in [0.25, 0.3) is 0 Å². The van der Waals surface area contributed by atoms with Crippen molar-refractivity contribution in [2.45, 2.75) is 37.3 Å². The van der Waals surface area contributed by atoms with E-state index < -0.39 is 35.7 Å². The van der Waals surface area contributed by atoms with Gasteiger partial charge in [-0.05, 0) is 13.8 Å². The van der Waals surface area contributed by atoms with E-state index in [-0.39, 0.29) is 0 Å². The van der Waals surface area contributed by atoms with Crippen molar-refractivity contribution in [1.29, 1.82) is 0 Å². The van der Waals surface area contributed by atoms with E-state index in [9.17, 15) is 9.59 Å². The molecule has 0 aromatic rings. The second kappa shape index (κ2) is 2.57. The van der Waals surface area contributed by atoms with Crippen LogP contribution in [0.2, 0.25) is 0 Å². The summed E-state index contributed by atoms with van der Waals surface area (Å²) in [4.78, 5) is 22.3. The van der Waals surface area contributed by atoms with Gasteiger partial charge in [-0.3, -0.25) is 0 Å². The van der Waals surface area contributed by atoms with Gasteiger partial charge in [0.1, 0.15) is 11.2 Å². The van der Waals surface area contributed by atoms with Gasteiger partial charge in [0.15, 0.2) is 12.2 Å². The molecule has 3 heterocycles. The molecule has 86 valence electrons. The molecular weight excluding hydrogens is 216 g/mol. The van der Waals surface area contributed by atoms with Crippen LogP contribution in [0.4, 0.5) is 9.59 Å². The van der Waals surface area contributed by atoms with E-state index in [0.717, 1.165) is 0 Å². The van der Waals surface area contributed by atoms with Crippen molar-refractivity contribution in [3.63, 3.8) is 0 Å². The fourth-order valence-electron chi connectivity index (χ4n) is 2.46. The molecule has 4 unspecified atom stereocenters. The van der Waals surface area contributed by atoms with Crippen LogP contribution < -0.4 is 0 Å². The van der Waals surface area contributed by atoms with Crippen LogP contribution in [0.5, 0.6) is 0 Å². The van der Waals surface area contributed by atoms with Gasteiger partial charge < -0.3 is 18.9 Å². The summed E-state index contributed by atoms with van der Waals surface area (Å²) in [5, 5.41) is 0. The first-order valence-electron chi connectivity index (χ1n) is 4.93. The number of hydrogen-bond acceptors (Lipinski definition) is 6. The zero-order valence-electron chi connectivity index (χ0n) is 8.76. The molecule has 0 aliphatic carbocycles. The topological polar surface area (TPSA) is 71.1 Å². The molecule has 16 heavy (non-hydrogen) atoms. The van der Waals surface area contributed by atoms with Crippen LogP contribution >= 0.6 is 0 Å². The molecule has 0 aromatic carbocycles. The summed E-state index contributed by atoms with van der Waals surface area (Å²) in [5.41, 5.74) is -1.52. The molecule has 2 fully saturated rings. The van der Waals surface area contributed by atoms with Crippen LogP contribution in [0, 0.1) is 0 Å². The molecule has 3 aliphatic rings. The second-order valence-electron chi connectivity index (χ2n) is 4.48. The Morgan fingerprint density at radius 3 is 1.88 bits per heavy atom. The molecule has 0 saturated carbocycles. The number of rotatable bonds is 0. The van der Waals surface area contributed by atoms with Crippen LogP contribution in [-0.4, -0.2) is 35.7 Å². The van der Waals surface area contributed by atoms with Crippen LogP contribution in [0.1, 0.15) is 13.8 Å². The Labute approximate surface area is 91.1 Å². The highest BCUT2D eigenvalue weighted by Crippen LogP contribution is 2.49. The highest BCUT2D eigenvalue weighted by atomic mass is 16.8. The van der Waals surface area contributed by atoms with E-state index in [4.69, 9.17) is 14.2 Å². The second-order valence-corrected chi connectivity index (χ2v) is 4.48. The Balaban J connectivity index is 2.03. The first kappa shape index (κ1) is 9.65. The van der Waals surface area contributed by atoms with Crippen molar-refractivity contribution < 1.29 is 28.5 Å². The molecule has 3 rings (SSSR count). The summed E-state index contributed by atoms with van der Waals surface area (Å²) in [6, 6.07) is 0. The molecule has 6 heteroatoms. The van der Waals surface area contributed by atoms with Crippen LogP contribution in [0.25, 0.3) is 0 Å². The van der Waals surface area contributed by atoms with E-state index in [0.29, 0.717) is 0 Å². The SMILES string of the molecule is CC12C=CC(C)(O1)C1OC(=O)OC(=O)OC12. The predicted octanol–water partition coefficient (Wildman–Crippen LogP) is 1.14. The number of cyclic esters (lactones) is 2. The number of fused-ring (bicyclic) bond motifs is 5. The van der Waals surface area contributed by atoms with Crippen LogP contribution in [0.15, 0.2) is 12.2 Å². The van der Waals surface area contributed by atoms with E-state index in [1.807, 2.05) is 0 Å². The normalized spacial score (nSPS) is 49.1. The average molecular weight is 226 g/mol. The zero-order valence-corrected chi connectivity index (χ0v) is 8.76. The maximum atomic E-state index is 11.1. The van der Waals surface area contributed by atoms with Crippen molar-refractivity contribution in [2.24, 2.45) is 0 Å². The van der Waals surface area contributed by atoms with Crippen LogP contribution in [0.3, 0.4) is 0 Å². The van der Waals surface area contributed by atoms with E-state index in [1.165, 1.54) is 0 Å². The fraction of sp³-hybridized carbons (Fsp3) is 0.600.